The Morgan fingerprint density at radius 3 is 2.15 bits per heavy atom. The van der Waals surface area contributed by atoms with Crippen molar-refractivity contribution in [1.29, 1.82) is 0 Å². The molecule has 0 radical (unpaired) electrons. The van der Waals surface area contributed by atoms with Gasteiger partial charge in [0.15, 0.2) is 9.84 Å². The van der Waals surface area contributed by atoms with Gasteiger partial charge in [-0.05, 0) is 24.1 Å². The van der Waals surface area contributed by atoms with Crippen molar-refractivity contribution in [3.05, 3.63) is 29.8 Å². The molecule has 0 fully saturated rings. The van der Waals surface area contributed by atoms with Crippen molar-refractivity contribution in [3.8, 4) is 0 Å². The number of nitrogens with one attached hydrogen (secondary N) is 1. The van der Waals surface area contributed by atoms with Crippen LogP contribution >= 0.6 is 0 Å². The molecule has 0 atom stereocenters. The molecule has 0 aliphatic carbocycles. The van der Waals surface area contributed by atoms with E-state index in [4.69, 9.17) is 0 Å². The van der Waals surface area contributed by atoms with E-state index in [1.807, 2.05) is 20.8 Å². The number of benzene rings is 1. The molecule has 112 valence electrons. The molecule has 0 spiro atoms. The van der Waals surface area contributed by atoms with E-state index in [9.17, 15) is 13.2 Å². The third-order valence-electron chi connectivity index (χ3n) is 3.04. The Balaban J connectivity index is 2.58. The third-order valence-corrected chi connectivity index (χ3v) is 4.79. The number of sulfone groups is 1. The number of amides is 1. The Morgan fingerprint density at radius 1 is 1.15 bits per heavy atom. The molecule has 0 saturated carbocycles. The molecule has 1 N–H and O–H groups in total. The molecule has 0 unspecified atom stereocenters. The van der Waals surface area contributed by atoms with Gasteiger partial charge in [0.2, 0.25) is 5.91 Å². The molecule has 4 nitrogen and oxygen atoms in total. The van der Waals surface area contributed by atoms with Crippen molar-refractivity contribution in [1.82, 2.24) is 5.32 Å². The Morgan fingerprint density at radius 2 is 1.70 bits per heavy atom. The van der Waals surface area contributed by atoms with Crippen LogP contribution in [0.4, 0.5) is 0 Å². The van der Waals surface area contributed by atoms with Crippen molar-refractivity contribution in [2.24, 2.45) is 5.41 Å². The highest BCUT2D eigenvalue weighted by molar-refractivity contribution is 7.91. The van der Waals surface area contributed by atoms with Crippen molar-refractivity contribution in [3.63, 3.8) is 0 Å². The largest absolute Gasteiger partial charge is 0.355 e. The monoisotopic (exact) mass is 297 g/mol. The summed E-state index contributed by atoms with van der Waals surface area (Å²) >= 11 is 0. The molecule has 5 heteroatoms. The van der Waals surface area contributed by atoms with Crippen LogP contribution in [0, 0.1) is 5.41 Å². The van der Waals surface area contributed by atoms with Gasteiger partial charge >= 0.3 is 0 Å². The fraction of sp³-hybridized carbons (Fsp3) is 0.533. The number of hydrogen-bond acceptors (Lipinski definition) is 3. The first-order valence-corrected chi connectivity index (χ1v) is 8.42. The molecule has 0 saturated heterocycles. The molecule has 0 aromatic heterocycles. The number of hydrogen-bond donors (Lipinski definition) is 1. The zero-order chi connectivity index (χ0) is 15.4. The zero-order valence-electron chi connectivity index (χ0n) is 12.6. The second-order valence-electron chi connectivity index (χ2n) is 5.80. The first-order chi connectivity index (χ1) is 9.16. The minimum absolute atomic E-state index is 0.0164. The smallest absolute Gasteiger partial charge is 0.225 e. The second kappa shape index (κ2) is 6.39. The van der Waals surface area contributed by atoms with Crippen LogP contribution in [0.2, 0.25) is 0 Å². The predicted octanol–water partition coefficient (Wildman–Crippen LogP) is 2.18. The average molecular weight is 297 g/mol. The molecule has 1 amide bonds. The van der Waals surface area contributed by atoms with E-state index < -0.39 is 9.84 Å². The summed E-state index contributed by atoms with van der Waals surface area (Å²) in [5, 5.41) is 2.87. The van der Waals surface area contributed by atoms with Gasteiger partial charge in [0.25, 0.3) is 0 Å². The topological polar surface area (TPSA) is 63.2 Å². The molecule has 20 heavy (non-hydrogen) atoms. The molecule has 1 aromatic rings. The first-order valence-electron chi connectivity index (χ1n) is 6.77. The summed E-state index contributed by atoms with van der Waals surface area (Å²) in [5.41, 5.74) is 0.619. The van der Waals surface area contributed by atoms with Gasteiger partial charge in [-0.3, -0.25) is 4.79 Å². The third kappa shape index (κ3) is 4.63. The Kier molecular flexibility index (Phi) is 5.34. The molecule has 0 aliphatic heterocycles. The van der Waals surface area contributed by atoms with E-state index in [1.54, 1.807) is 31.2 Å². The summed E-state index contributed by atoms with van der Waals surface area (Å²) in [5.74, 6) is 0.122. The van der Waals surface area contributed by atoms with Crippen LogP contribution in [-0.4, -0.2) is 26.6 Å². The summed E-state index contributed by atoms with van der Waals surface area (Å²) in [6, 6.07) is 6.84. The number of rotatable bonds is 5. The summed E-state index contributed by atoms with van der Waals surface area (Å²) < 4.78 is 23.3. The quantitative estimate of drug-likeness (QED) is 0.906. The minimum Gasteiger partial charge on any atom is -0.355 e. The standard InChI is InChI=1S/C15H23NO3S/c1-5-20(18,19)13-8-6-12(7-9-13)10-11-16-14(17)15(2,3)4/h6-9H,5,10-11H2,1-4H3,(H,16,17). The molecular formula is C15H23NO3S. The molecule has 0 aliphatic rings. The van der Waals surface area contributed by atoms with Gasteiger partial charge < -0.3 is 5.32 Å². The molecule has 1 rings (SSSR count). The maximum absolute atomic E-state index is 11.7. The lowest BCUT2D eigenvalue weighted by atomic mass is 9.95. The average Bonchev–Trinajstić information content (AvgIpc) is 2.38. The zero-order valence-corrected chi connectivity index (χ0v) is 13.4. The highest BCUT2D eigenvalue weighted by Gasteiger charge is 2.20. The minimum atomic E-state index is -3.14. The summed E-state index contributed by atoms with van der Waals surface area (Å²) in [6.07, 6.45) is 0.689. The van der Waals surface area contributed by atoms with Crippen molar-refractivity contribution in [2.75, 3.05) is 12.3 Å². The number of carbonyl (C=O) groups is 1. The normalized spacial score (nSPS) is 12.2. The Labute approximate surface area is 121 Å². The molecule has 0 heterocycles. The van der Waals surface area contributed by atoms with E-state index in [2.05, 4.69) is 5.32 Å². The predicted molar refractivity (Wildman–Crippen MR) is 80.3 cm³/mol. The van der Waals surface area contributed by atoms with Gasteiger partial charge in [-0.1, -0.05) is 39.8 Å². The van der Waals surface area contributed by atoms with Gasteiger partial charge in [-0.25, -0.2) is 8.42 Å². The summed E-state index contributed by atoms with van der Waals surface area (Å²) in [7, 11) is -3.14. The summed E-state index contributed by atoms with van der Waals surface area (Å²) in [4.78, 5) is 12.0. The highest BCUT2D eigenvalue weighted by Crippen LogP contribution is 2.14. The molecular weight excluding hydrogens is 274 g/mol. The van der Waals surface area contributed by atoms with E-state index in [1.165, 1.54) is 0 Å². The van der Waals surface area contributed by atoms with E-state index in [-0.39, 0.29) is 17.1 Å². The molecule has 0 bridgehead atoms. The van der Waals surface area contributed by atoms with Crippen LogP contribution in [-0.2, 0) is 21.1 Å². The lowest BCUT2D eigenvalue weighted by molar-refractivity contribution is -0.128. The lowest BCUT2D eigenvalue weighted by Crippen LogP contribution is -2.35. The highest BCUT2D eigenvalue weighted by atomic mass is 32.2. The van der Waals surface area contributed by atoms with Crippen molar-refractivity contribution < 1.29 is 13.2 Å². The van der Waals surface area contributed by atoms with E-state index >= 15 is 0 Å². The van der Waals surface area contributed by atoms with Gasteiger partial charge in [0.1, 0.15) is 0 Å². The fourth-order valence-electron chi connectivity index (χ4n) is 1.62. The second-order valence-corrected chi connectivity index (χ2v) is 8.08. The Bertz CT molecular complexity index is 554. The van der Waals surface area contributed by atoms with Crippen LogP contribution in [0.1, 0.15) is 33.3 Å². The SMILES string of the molecule is CCS(=O)(=O)c1ccc(CCNC(=O)C(C)(C)C)cc1. The molecule has 1 aromatic carbocycles. The van der Waals surface area contributed by atoms with Crippen LogP contribution in [0.25, 0.3) is 0 Å². The van der Waals surface area contributed by atoms with E-state index in [0.717, 1.165) is 5.56 Å². The van der Waals surface area contributed by atoms with Crippen LogP contribution in [0.5, 0.6) is 0 Å². The maximum atomic E-state index is 11.7. The van der Waals surface area contributed by atoms with Gasteiger partial charge in [0, 0.05) is 12.0 Å². The van der Waals surface area contributed by atoms with Gasteiger partial charge in [0.05, 0.1) is 10.6 Å². The van der Waals surface area contributed by atoms with E-state index in [0.29, 0.717) is 17.9 Å². The van der Waals surface area contributed by atoms with Crippen LogP contribution < -0.4 is 5.32 Å². The van der Waals surface area contributed by atoms with Gasteiger partial charge in [-0.2, -0.15) is 0 Å². The maximum Gasteiger partial charge on any atom is 0.225 e. The van der Waals surface area contributed by atoms with Crippen molar-refractivity contribution >= 4 is 15.7 Å². The number of carbonyl (C=O) groups excluding carboxylic acids is 1. The first kappa shape index (κ1) is 16.7. The summed E-state index contributed by atoms with van der Waals surface area (Å²) in [6.45, 7) is 7.79. The van der Waals surface area contributed by atoms with Crippen LogP contribution in [0.3, 0.4) is 0 Å². The lowest BCUT2D eigenvalue weighted by Gasteiger charge is -2.17. The Hall–Kier alpha value is -1.36. The van der Waals surface area contributed by atoms with Gasteiger partial charge in [-0.15, -0.1) is 0 Å². The van der Waals surface area contributed by atoms with Crippen LogP contribution in [0.15, 0.2) is 29.2 Å². The van der Waals surface area contributed by atoms with Crippen molar-refractivity contribution in [2.45, 2.75) is 39.0 Å². The fourth-order valence-corrected chi connectivity index (χ4v) is 2.50.